The zero-order valence-electron chi connectivity index (χ0n) is 28.9. The van der Waals surface area contributed by atoms with Gasteiger partial charge in [-0.15, -0.1) is 6.58 Å². The van der Waals surface area contributed by atoms with Crippen LogP contribution in [0.15, 0.2) is 30.9 Å². The van der Waals surface area contributed by atoms with E-state index in [1.165, 1.54) is 10.5 Å². The Morgan fingerprint density at radius 3 is 2.54 bits per heavy atom. The lowest BCUT2D eigenvalue weighted by atomic mass is 9.91. The van der Waals surface area contributed by atoms with Crippen LogP contribution in [0.5, 0.6) is 0 Å². The third kappa shape index (κ3) is 7.54. The van der Waals surface area contributed by atoms with Gasteiger partial charge in [0.2, 0.25) is 21.8 Å². The van der Waals surface area contributed by atoms with Crippen molar-refractivity contribution in [2.24, 2.45) is 17.3 Å². The number of ketones is 1. The van der Waals surface area contributed by atoms with Crippen LogP contribution >= 0.6 is 0 Å². The largest absolute Gasteiger partial charge is 0.450 e. The quantitative estimate of drug-likeness (QED) is 0.382. The molecule has 14 heteroatoms. The molecule has 2 saturated carbocycles. The van der Waals surface area contributed by atoms with Crippen molar-refractivity contribution < 1.29 is 41.9 Å². The summed E-state index contributed by atoms with van der Waals surface area (Å²) in [7, 11) is -3.86. The molecule has 0 aromatic heterocycles. The second kappa shape index (κ2) is 14.4. The minimum Gasteiger partial charge on any atom is -0.450 e. The van der Waals surface area contributed by atoms with E-state index in [0.29, 0.717) is 32.4 Å². The molecule has 3 aliphatic heterocycles. The molecule has 0 spiro atoms. The molecular weight excluding hydrogens is 664 g/mol. The fourth-order valence-electron chi connectivity index (χ4n) is 7.61. The molecule has 3 fully saturated rings. The average molecular weight is 713 g/mol. The molecule has 1 saturated heterocycles. The van der Waals surface area contributed by atoms with Crippen LogP contribution in [0.4, 0.5) is 9.59 Å². The number of carbonyl (C=O) groups is 5. The second-order valence-corrected chi connectivity index (χ2v) is 16.8. The number of nitrogens with zero attached hydrogens (tertiary/aromatic N) is 2. The molecule has 50 heavy (non-hydrogen) atoms. The molecular formula is C36H48N4O9S. The Balaban J connectivity index is 1.24. The van der Waals surface area contributed by atoms with E-state index in [9.17, 15) is 32.4 Å². The van der Waals surface area contributed by atoms with E-state index in [1.54, 1.807) is 24.8 Å². The van der Waals surface area contributed by atoms with E-state index in [-0.39, 0.29) is 38.3 Å². The first-order chi connectivity index (χ1) is 23.8. The number of alkyl carbamates (subject to hydrolysis) is 1. The van der Waals surface area contributed by atoms with E-state index in [4.69, 9.17) is 9.47 Å². The molecule has 4 amide bonds. The van der Waals surface area contributed by atoms with Crippen LogP contribution in [0.25, 0.3) is 0 Å². The molecule has 13 nitrogen and oxygen atoms in total. The van der Waals surface area contributed by atoms with Crippen molar-refractivity contribution in [2.75, 3.05) is 13.2 Å². The summed E-state index contributed by atoms with van der Waals surface area (Å²) in [6.07, 6.45) is 4.60. The van der Waals surface area contributed by atoms with Crippen LogP contribution in [-0.2, 0) is 53.4 Å². The number of allylic oxidation sites excluding steroid dienone is 1. The number of fused-ring (bicyclic) bond motifs is 3. The molecule has 1 aromatic carbocycles. The number of amides is 4. The molecule has 2 aliphatic carbocycles. The number of rotatable bonds is 8. The highest BCUT2D eigenvalue weighted by atomic mass is 32.2. The van der Waals surface area contributed by atoms with Crippen LogP contribution < -0.4 is 10.0 Å². The zero-order valence-corrected chi connectivity index (χ0v) is 29.7. The number of sulfonamides is 1. The van der Waals surface area contributed by atoms with E-state index in [1.807, 2.05) is 12.1 Å². The summed E-state index contributed by atoms with van der Waals surface area (Å²) in [6, 6.07) is 3.98. The van der Waals surface area contributed by atoms with Crippen LogP contribution in [0.1, 0.15) is 88.3 Å². The summed E-state index contributed by atoms with van der Waals surface area (Å²) in [5.41, 5.74) is 2.05. The molecule has 5 aliphatic rings. The van der Waals surface area contributed by atoms with Crippen molar-refractivity contribution in [3.05, 3.63) is 47.5 Å². The van der Waals surface area contributed by atoms with Gasteiger partial charge in [0.15, 0.2) is 5.78 Å². The summed E-state index contributed by atoms with van der Waals surface area (Å²) in [4.78, 5) is 71.1. The van der Waals surface area contributed by atoms with E-state index >= 15 is 0 Å². The lowest BCUT2D eigenvalue weighted by molar-refractivity contribution is -0.141. The van der Waals surface area contributed by atoms with Crippen LogP contribution in [-0.4, -0.2) is 84.6 Å². The number of aryl methyl sites for hydroxylation is 1. The molecule has 3 heterocycles. The average Bonchev–Trinajstić information content (AvgIpc) is 3.96. The SMILES string of the molecule is C=C[C@@H]1C[C@]1(CC(=O)[C@@H]1C[C@@H]2CN1C(=O)[C@H](C(C)C)NC(=O)OCCCCCCc1cccc3c1CN(C3)C(=O)O2)C(=O)NS(=O)(=O)C1CC1. The topological polar surface area (TPSA) is 168 Å². The molecule has 2 N–H and O–H groups in total. The van der Waals surface area contributed by atoms with Gasteiger partial charge in [0, 0.05) is 25.9 Å². The van der Waals surface area contributed by atoms with Crippen molar-refractivity contribution in [3.63, 3.8) is 0 Å². The highest BCUT2D eigenvalue weighted by Crippen LogP contribution is 2.57. The second-order valence-electron chi connectivity index (χ2n) is 14.8. The van der Waals surface area contributed by atoms with Gasteiger partial charge in [-0.05, 0) is 67.1 Å². The summed E-state index contributed by atoms with van der Waals surface area (Å²) >= 11 is 0. The van der Waals surface area contributed by atoms with Gasteiger partial charge in [-0.1, -0.05) is 51.0 Å². The first-order valence-electron chi connectivity index (χ1n) is 17.8. The molecule has 1 aromatic rings. The van der Waals surface area contributed by atoms with Gasteiger partial charge in [0.1, 0.15) is 12.1 Å². The number of cyclic esters (lactones) is 1. The predicted molar refractivity (Wildman–Crippen MR) is 182 cm³/mol. The Bertz CT molecular complexity index is 1660. The maximum absolute atomic E-state index is 14.2. The Labute approximate surface area is 293 Å². The van der Waals surface area contributed by atoms with Gasteiger partial charge < -0.3 is 19.7 Å². The van der Waals surface area contributed by atoms with Gasteiger partial charge in [0.05, 0.1) is 29.9 Å². The Kier molecular flexibility index (Phi) is 10.3. The molecule has 0 unspecified atom stereocenters. The van der Waals surface area contributed by atoms with Crippen molar-refractivity contribution >= 4 is 39.8 Å². The third-order valence-electron chi connectivity index (χ3n) is 10.9. The Morgan fingerprint density at radius 1 is 1.10 bits per heavy atom. The van der Waals surface area contributed by atoms with Crippen molar-refractivity contribution in [1.82, 2.24) is 19.8 Å². The Hall–Kier alpha value is -3.94. The zero-order chi connectivity index (χ0) is 35.8. The number of ether oxygens (including phenoxy) is 2. The maximum atomic E-state index is 14.2. The number of nitrogens with one attached hydrogen (secondary N) is 2. The van der Waals surface area contributed by atoms with Crippen LogP contribution in [0.3, 0.4) is 0 Å². The Morgan fingerprint density at radius 2 is 1.84 bits per heavy atom. The number of carbonyl (C=O) groups excluding carboxylic acids is 5. The van der Waals surface area contributed by atoms with E-state index < -0.39 is 74.6 Å². The fraction of sp³-hybridized carbons (Fsp3) is 0.639. The van der Waals surface area contributed by atoms with Gasteiger partial charge in [-0.2, -0.15) is 0 Å². The highest BCUT2D eigenvalue weighted by molar-refractivity contribution is 7.90. The first kappa shape index (κ1) is 35.9. The lowest BCUT2D eigenvalue weighted by Crippen LogP contribution is -2.54. The summed E-state index contributed by atoms with van der Waals surface area (Å²) in [6.45, 7) is 8.22. The van der Waals surface area contributed by atoms with Gasteiger partial charge in [0.25, 0.3) is 0 Å². The van der Waals surface area contributed by atoms with Crippen molar-refractivity contribution in [1.29, 1.82) is 0 Å². The number of benzene rings is 1. The van der Waals surface area contributed by atoms with E-state index in [2.05, 4.69) is 22.7 Å². The molecule has 272 valence electrons. The fourth-order valence-corrected chi connectivity index (χ4v) is 8.99. The van der Waals surface area contributed by atoms with Gasteiger partial charge in [-0.3, -0.25) is 24.0 Å². The van der Waals surface area contributed by atoms with Gasteiger partial charge >= 0.3 is 12.2 Å². The smallest absolute Gasteiger partial charge is 0.410 e. The lowest BCUT2D eigenvalue weighted by Gasteiger charge is -2.30. The maximum Gasteiger partial charge on any atom is 0.410 e. The van der Waals surface area contributed by atoms with Crippen molar-refractivity contribution in [3.8, 4) is 0 Å². The van der Waals surface area contributed by atoms with Crippen molar-refractivity contribution in [2.45, 2.75) is 115 Å². The summed E-state index contributed by atoms with van der Waals surface area (Å²) in [5, 5.41) is 2.06. The third-order valence-corrected chi connectivity index (χ3v) is 12.7. The van der Waals surface area contributed by atoms with E-state index in [0.717, 1.165) is 36.8 Å². The van der Waals surface area contributed by atoms with Gasteiger partial charge in [-0.25, -0.2) is 18.0 Å². The molecule has 0 radical (unpaired) electrons. The molecule has 6 rings (SSSR count). The molecule has 5 atom stereocenters. The number of hydrogen-bond acceptors (Lipinski definition) is 9. The van der Waals surface area contributed by atoms with Crippen LogP contribution in [0.2, 0.25) is 0 Å². The monoisotopic (exact) mass is 712 g/mol. The molecule has 4 bridgehead atoms. The minimum absolute atomic E-state index is 0.00551. The number of Topliss-reactive ketones (excluding diaryl/α,β-unsaturated/α-hetero) is 1. The van der Waals surface area contributed by atoms with Crippen LogP contribution in [0, 0.1) is 17.3 Å². The summed E-state index contributed by atoms with van der Waals surface area (Å²) in [5.74, 6) is -2.53. The predicted octanol–water partition coefficient (Wildman–Crippen LogP) is 3.74. The standard InChI is InChI=1S/C36H48N4O9S/c1-4-25-17-36(25,33(43)38-50(46,47)27-13-14-27)18-30(41)29-16-26-20-40(29)32(42)31(22(2)3)37-34(44)48-15-8-6-5-7-10-23-11-9-12-24-19-39(21-28(23)24)35(45)49-26/h4,9,11-12,22,25-27,29,31H,1,5-8,10,13-21H2,2-3H3,(H,37,44)(H,38,43)/t25-,26-,29+,31+,36-/m1/s1. The highest BCUT2D eigenvalue weighted by Gasteiger charge is 2.61. The minimum atomic E-state index is -3.86. The number of hydrogen-bond donors (Lipinski definition) is 2. The first-order valence-corrected chi connectivity index (χ1v) is 19.4. The normalized spacial score (nSPS) is 29.1. The summed E-state index contributed by atoms with van der Waals surface area (Å²) < 4.78 is 38.9.